The summed E-state index contributed by atoms with van der Waals surface area (Å²) in [5.41, 5.74) is 2.58. The van der Waals surface area contributed by atoms with Crippen molar-refractivity contribution in [2.45, 2.75) is 32.3 Å². The van der Waals surface area contributed by atoms with Gasteiger partial charge in [-0.15, -0.1) is 0 Å². The summed E-state index contributed by atoms with van der Waals surface area (Å²) in [6.07, 6.45) is 4.44. The Morgan fingerprint density at radius 2 is 1.94 bits per heavy atom. The van der Waals surface area contributed by atoms with Crippen LogP contribution in [-0.4, -0.2) is 55.5 Å². The van der Waals surface area contributed by atoms with Gasteiger partial charge in [-0.05, 0) is 48.6 Å². The zero-order valence-corrected chi connectivity index (χ0v) is 18.1. The first-order chi connectivity index (χ1) is 15.5. The van der Waals surface area contributed by atoms with Crippen molar-refractivity contribution in [1.29, 1.82) is 0 Å². The number of hydrogen-bond donors (Lipinski definition) is 1. The number of halogens is 1. The van der Waals surface area contributed by atoms with E-state index in [2.05, 4.69) is 15.4 Å². The number of rotatable bonds is 6. The highest BCUT2D eigenvalue weighted by atomic mass is 19.1. The molecule has 2 aliphatic heterocycles. The van der Waals surface area contributed by atoms with E-state index in [0.29, 0.717) is 11.3 Å². The topological polar surface area (TPSA) is 74.2 Å². The minimum absolute atomic E-state index is 0.196. The average molecular weight is 439 g/mol. The molecule has 0 aliphatic carbocycles. The third kappa shape index (κ3) is 5.25. The fourth-order valence-corrected chi connectivity index (χ4v) is 3.89. The van der Waals surface area contributed by atoms with Crippen LogP contribution < -0.4 is 10.2 Å². The predicted molar refractivity (Wildman–Crippen MR) is 121 cm³/mol. The standard InChI is InChI=1S/C24H27FN4O3/c1-17(30)26-15-21-16-29(24(31)32-21)20-9-10-22(23(25)13-20)19-7-5-18(6-8-19)14-27-28-11-3-2-4-12-28/h5-10,13-14,21H,2-4,11-12,15-16H2,1H3,(H,26,30)/t21-/m0/s1. The molecule has 1 N–H and O–H groups in total. The third-order valence-electron chi connectivity index (χ3n) is 5.64. The summed E-state index contributed by atoms with van der Waals surface area (Å²) in [6.45, 7) is 3.86. The Kier molecular flexibility index (Phi) is 6.68. The molecule has 32 heavy (non-hydrogen) atoms. The second kappa shape index (κ2) is 9.80. The van der Waals surface area contributed by atoms with Gasteiger partial charge in [-0.2, -0.15) is 5.10 Å². The zero-order valence-electron chi connectivity index (χ0n) is 18.1. The second-order valence-corrected chi connectivity index (χ2v) is 8.10. The first-order valence-electron chi connectivity index (χ1n) is 10.9. The molecule has 7 nitrogen and oxygen atoms in total. The smallest absolute Gasteiger partial charge is 0.414 e. The maximum atomic E-state index is 14.9. The summed E-state index contributed by atoms with van der Waals surface area (Å²) in [5, 5.41) is 9.24. The number of cyclic esters (lactones) is 1. The van der Waals surface area contributed by atoms with Gasteiger partial charge in [0.15, 0.2) is 0 Å². The molecule has 0 saturated carbocycles. The molecule has 1 atom stereocenters. The van der Waals surface area contributed by atoms with E-state index in [1.165, 1.54) is 37.2 Å². The van der Waals surface area contributed by atoms with Crippen LogP contribution in [0.2, 0.25) is 0 Å². The number of nitrogens with one attached hydrogen (secondary N) is 1. The third-order valence-corrected chi connectivity index (χ3v) is 5.64. The SMILES string of the molecule is CC(=O)NC[C@H]1CN(c2ccc(-c3ccc(C=NN4CCCCC4)cc3)c(F)c2)C(=O)O1. The average Bonchev–Trinajstić information content (AvgIpc) is 3.18. The van der Waals surface area contributed by atoms with Crippen LogP contribution in [0.3, 0.4) is 0 Å². The van der Waals surface area contributed by atoms with Crippen molar-refractivity contribution < 1.29 is 18.7 Å². The molecule has 8 heteroatoms. The highest BCUT2D eigenvalue weighted by Gasteiger charge is 2.32. The molecule has 2 amide bonds. The Balaban J connectivity index is 1.42. The van der Waals surface area contributed by atoms with E-state index in [4.69, 9.17) is 4.74 Å². The minimum Gasteiger partial charge on any atom is -0.442 e. The summed E-state index contributed by atoms with van der Waals surface area (Å²) in [4.78, 5) is 24.6. The van der Waals surface area contributed by atoms with Crippen molar-refractivity contribution in [3.8, 4) is 11.1 Å². The number of carbonyl (C=O) groups is 2. The van der Waals surface area contributed by atoms with Gasteiger partial charge in [0.05, 0.1) is 25.0 Å². The molecule has 2 saturated heterocycles. The van der Waals surface area contributed by atoms with Crippen molar-refractivity contribution >= 4 is 23.9 Å². The molecule has 4 rings (SSSR count). The van der Waals surface area contributed by atoms with Crippen molar-refractivity contribution in [1.82, 2.24) is 10.3 Å². The van der Waals surface area contributed by atoms with Crippen LogP contribution >= 0.6 is 0 Å². The maximum absolute atomic E-state index is 14.9. The minimum atomic E-state index is -0.551. The van der Waals surface area contributed by atoms with E-state index in [-0.39, 0.29) is 19.0 Å². The molecule has 0 unspecified atom stereocenters. The predicted octanol–water partition coefficient (Wildman–Crippen LogP) is 3.77. The van der Waals surface area contributed by atoms with Crippen molar-refractivity contribution in [3.05, 3.63) is 53.8 Å². The van der Waals surface area contributed by atoms with E-state index < -0.39 is 18.0 Å². The highest BCUT2D eigenvalue weighted by Crippen LogP contribution is 2.29. The fourth-order valence-electron chi connectivity index (χ4n) is 3.89. The summed E-state index contributed by atoms with van der Waals surface area (Å²) in [5.74, 6) is -0.617. The van der Waals surface area contributed by atoms with Crippen molar-refractivity contribution in [2.24, 2.45) is 5.10 Å². The molecule has 0 radical (unpaired) electrons. The number of ether oxygens (including phenoxy) is 1. The Hall–Kier alpha value is -3.42. The van der Waals surface area contributed by atoms with Crippen LogP contribution in [-0.2, 0) is 9.53 Å². The van der Waals surface area contributed by atoms with Gasteiger partial charge in [0.1, 0.15) is 11.9 Å². The van der Waals surface area contributed by atoms with Crippen LogP contribution in [0, 0.1) is 5.82 Å². The summed E-state index contributed by atoms with van der Waals surface area (Å²) >= 11 is 0. The van der Waals surface area contributed by atoms with Crippen LogP contribution in [0.25, 0.3) is 11.1 Å². The molecule has 2 aromatic rings. The first kappa shape index (κ1) is 21.8. The molecule has 168 valence electrons. The first-order valence-corrected chi connectivity index (χ1v) is 10.9. The molecule has 2 heterocycles. The van der Waals surface area contributed by atoms with Gasteiger partial charge in [-0.25, -0.2) is 9.18 Å². The zero-order chi connectivity index (χ0) is 22.5. The van der Waals surface area contributed by atoms with Crippen LogP contribution in [0.1, 0.15) is 31.7 Å². The highest BCUT2D eigenvalue weighted by molar-refractivity contribution is 5.90. The fraction of sp³-hybridized carbons (Fsp3) is 0.375. The molecule has 2 fully saturated rings. The van der Waals surface area contributed by atoms with Gasteiger partial charge >= 0.3 is 6.09 Å². The normalized spacial score (nSPS) is 18.8. The van der Waals surface area contributed by atoms with Crippen LogP contribution in [0.15, 0.2) is 47.6 Å². The van der Waals surface area contributed by atoms with E-state index >= 15 is 0 Å². The largest absolute Gasteiger partial charge is 0.442 e. The monoisotopic (exact) mass is 438 g/mol. The lowest BCUT2D eigenvalue weighted by Crippen LogP contribution is -2.33. The second-order valence-electron chi connectivity index (χ2n) is 8.10. The van der Waals surface area contributed by atoms with E-state index in [0.717, 1.165) is 24.2 Å². The Labute approximate surface area is 186 Å². The van der Waals surface area contributed by atoms with Gasteiger partial charge in [-0.1, -0.05) is 24.3 Å². The Morgan fingerprint density at radius 3 is 2.62 bits per heavy atom. The van der Waals surface area contributed by atoms with Gasteiger partial charge < -0.3 is 10.1 Å². The lowest BCUT2D eigenvalue weighted by atomic mass is 10.0. The quantitative estimate of drug-likeness (QED) is 0.697. The van der Waals surface area contributed by atoms with Crippen molar-refractivity contribution in [2.75, 3.05) is 31.1 Å². The van der Waals surface area contributed by atoms with Crippen LogP contribution in [0.5, 0.6) is 0 Å². The molecule has 0 spiro atoms. The lowest BCUT2D eigenvalue weighted by Gasteiger charge is -2.23. The Bertz CT molecular complexity index is 1000. The number of nitrogens with zero attached hydrogens (tertiary/aromatic N) is 3. The number of piperidine rings is 1. The summed E-state index contributed by atoms with van der Waals surface area (Å²) in [6, 6.07) is 12.3. The Morgan fingerprint density at radius 1 is 1.19 bits per heavy atom. The number of anilines is 1. The molecule has 2 aliphatic rings. The van der Waals surface area contributed by atoms with Gasteiger partial charge in [0, 0.05) is 25.6 Å². The molecular formula is C24H27FN4O3. The molecule has 0 bridgehead atoms. The number of hydrogen-bond acceptors (Lipinski definition) is 5. The number of hydrazone groups is 1. The number of benzene rings is 2. The molecular weight excluding hydrogens is 411 g/mol. The number of amides is 2. The van der Waals surface area contributed by atoms with E-state index in [9.17, 15) is 14.0 Å². The van der Waals surface area contributed by atoms with Gasteiger partial charge in [0.25, 0.3) is 0 Å². The lowest BCUT2D eigenvalue weighted by molar-refractivity contribution is -0.119. The summed E-state index contributed by atoms with van der Waals surface area (Å²) < 4.78 is 20.1. The molecule has 2 aromatic carbocycles. The summed E-state index contributed by atoms with van der Waals surface area (Å²) in [7, 11) is 0. The van der Waals surface area contributed by atoms with Crippen molar-refractivity contribution in [3.63, 3.8) is 0 Å². The van der Waals surface area contributed by atoms with Crippen LogP contribution in [0.4, 0.5) is 14.9 Å². The maximum Gasteiger partial charge on any atom is 0.414 e. The van der Waals surface area contributed by atoms with Gasteiger partial charge in [0.2, 0.25) is 5.91 Å². The van der Waals surface area contributed by atoms with E-state index in [1.807, 2.05) is 30.5 Å². The number of carbonyl (C=O) groups excluding carboxylic acids is 2. The van der Waals surface area contributed by atoms with E-state index in [1.54, 1.807) is 12.1 Å². The van der Waals surface area contributed by atoms with Gasteiger partial charge in [-0.3, -0.25) is 14.7 Å². The molecule has 0 aromatic heterocycles.